The van der Waals surface area contributed by atoms with Gasteiger partial charge in [-0.2, -0.15) is 0 Å². The molecule has 2 aromatic rings. The van der Waals surface area contributed by atoms with Crippen LogP contribution in [0.1, 0.15) is 25.5 Å². The van der Waals surface area contributed by atoms with E-state index in [1.807, 2.05) is 44.2 Å². The molecular formula is C16H19NO3S. The van der Waals surface area contributed by atoms with Crippen LogP contribution < -0.4 is 9.46 Å². The molecule has 0 spiro atoms. The Bertz CT molecular complexity index is 666. The molecule has 0 amide bonds. The van der Waals surface area contributed by atoms with Gasteiger partial charge in [-0.1, -0.05) is 30.3 Å². The van der Waals surface area contributed by atoms with Crippen molar-refractivity contribution in [3.8, 4) is 5.75 Å². The molecule has 0 radical (unpaired) electrons. The van der Waals surface area contributed by atoms with Gasteiger partial charge in [-0.15, -0.1) is 0 Å². The molecule has 0 aliphatic carbocycles. The summed E-state index contributed by atoms with van der Waals surface area (Å²) in [5.41, 5.74) is 0.923. The second-order valence-corrected chi connectivity index (χ2v) is 6.37. The van der Waals surface area contributed by atoms with E-state index in [0.717, 1.165) is 5.56 Å². The van der Waals surface area contributed by atoms with Gasteiger partial charge in [-0.05, 0) is 43.7 Å². The number of hydrogen-bond donors (Lipinski definition) is 1. The van der Waals surface area contributed by atoms with Gasteiger partial charge < -0.3 is 4.74 Å². The van der Waals surface area contributed by atoms with Crippen molar-refractivity contribution in [2.45, 2.75) is 24.8 Å². The molecule has 5 heteroatoms. The van der Waals surface area contributed by atoms with Crippen molar-refractivity contribution in [2.75, 3.05) is 6.61 Å². The predicted molar refractivity (Wildman–Crippen MR) is 82.8 cm³/mol. The lowest BCUT2D eigenvalue weighted by Gasteiger charge is -2.15. The number of benzene rings is 2. The SMILES string of the molecule is CCOc1ccc(S(=O)(=O)N[C@H](C)c2ccccc2)cc1. The van der Waals surface area contributed by atoms with Crippen molar-refractivity contribution in [2.24, 2.45) is 0 Å². The number of rotatable bonds is 6. The molecule has 112 valence electrons. The standard InChI is InChI=1S/C16H19NO3S/c1-3-20-15-9-11-16(12-10-15)21(18,19)17-13(2)14-7-5-4-6-8-14/h4-13,17H,3H2,1-2H3/t13-/m1/s1. The molecule has 21 heavy (non-hydrogen) atoms. The highest BCUT2D eigenvalue weighted by molar-refractivity contribution is 7.89. The third kappa shape index (κ3) is 4.06. The smallest absolute Gasteiger partial charge is 0.241 e. The van der Waals surface area contributed by atoms with E-state index in [9.17, 15) is 8.42 Å². The Morgan fingerprint density at radius 2 is 1.67 bits per heavy atom. The first kappa shape index (κ1) is 15.5. The van der Waals surface area contributed by atoms with Crippen LogP contribution in [0.5, 0.6) is 5.75 Å². The Morgan fingerprint density at radius 3 is 2.24 bits per heavy atom. The fourth-order valence-electron chi connectivity index (χ4n) is 1.99. The number of ether oxygens (including phenoxy) is 1. The maximum Gasteiger partial charge on any atom is 0.241 e. The Morgan fingerprint density at radius 1 is 1.05 bits per heavy atom. The fraction of sp³-hybridized carbons (Fsp3) is 0.250. The number of nitrogens with one attached hydrogen (secondary N) is 1. The fourth-order valence-corrected chi connectivity index (χ4v) is 3.22. The molecule has 0 heterocycles. The van der Waals surface area contributed by atoms with E-state index in [1.54, 1.807) is 24.3 Å². The summed E-state index contributed by atoms with van der Waals surface area (Å²) in [5, 5.41) is 0. The van der Waals surface area contributed by atoms with Crippen LogP contribution in [0, 0.1) is 0 Å². The molecule has 0 aromatic heterocycles. The van der Waals surface area contributed by atoms with Gasteiger partial charge in [0.1, 0.15) is 5.75 Å². The van der Waals surface area contributed by atoms with Crippen molar-refractivity contribution in [1.29, 1.82) is 0 Å². The molecule has 0 saturated carbocycles. The third-order valence-corrected chi connectivity index (χ3v) is 4.63. The topological polar surface area (TPSA) is 55.4 Å². The highest BCUT2D eigenvalue weighted by Gasteiger charge is 2.18. The zero-order chi connectivity index (χ0) is 15.3. The van der Waals surface area contributed by atoms with Crippen LogP contribution in [-0.2, 0) is 10.0 Å². The summed E-state index contributed by atoms with van der Waals surface area (Å²) in [5.74, 6) is 0.660. The van der Waals surface area contributed by atoms with Crippen LogP contribution in [0.2, 0.25) is 0 Å². The van der Waals surface area contributed by atoms with Crippen molar-refractivity contribution in [3.05, 3.63) is 60.2 Å². The summed E-state index contributed by atoms with van der Waals surface area (Å²) in [6.07, 6.45) is 0. The van der Waals surface area contributed by atoms with Crippen LogP contribution in [0.25, 0.3) is 0 Å². The Hall–Kier alpha value is -1.85. The number of sulfonamides is 1. The van der Waals surface area contributed by atoms with Gasteiger partial charge in [-0.25, -0.2) is 13.1 Å². The van der Waals surface area contributed by atoms with Crippen LogP contribution in [0.4, 0.5) is 0 Å². The van der Waals surface area contributed by atoms with Gasteiger partial charge in [0.15, 0.2) is 0 Å². The predicted octanol–water partition coefficient (Wildman–Crippen LogP) is 3.12. The molecule has 2 rings (SSSR count). The lowest BCUT2D eigenvalue weighted by atomic mass is 10.1. The van der Waals surface area contributed by atoms with Crippen molar-refractivity contribution in [1.82, 2.24) is 4.72 Å². The molecule has 4 nitrogen and oxygen atoms in total. The summed E-state index contributed by atoms with van der Waals surface area (Å²) in [4.78, 5) is 0.230. The molecule has 0 unspecified atom stereocenters. The van der Waals surface area contributed by atoms with E-state index in [4.69, 9.17) is 4.74 Å². The minimum absolute atomic E-state index is 0.230. The normalized spacial score (nSPS) is 12.9. The van der Waals surface area contributed by atoms with Crippen LogP contribution in [0.3, 0.4) is 0 Å². The van der Waals surface area contributed by atoms with Gasteiger partial charge in [0.05, 0.1) is 11.5 Å². The monoisotopic (exact) mass is 305 g/mol. The zero-order valence-corrected chi connectivity index (χ0v) is 12.9. The summed E-state index contributed by atoms with van der Waals surface area (Å²) in [6, 6.07) is 15.6. The maximum absolute atomic E-state index is 12.3. The third-order valence-electron chi connectivity index (χ3n) is 3.08. The second-order valence-electron chi connectivity index (χ2n) is 4.66. The zero-order valence-electron chi connectivity index (χ0n) is 12.1. The Labute approximate surface area is 125 Å². The van der Waals surface area contributed by atoms with E-state index in [-0.39, 0.29) is 10.9 Å². The van der Waals surface area contributed by atoms with Gasteiger partial charge in [0.25, 0.3) is 0 Å². The van der Waals surface area contributed by atoms with Gasteiger partial charge in [-0.3, -0.25) is 0 Å². The Kier molecular flexibility index (Phi) is 4.98. The summed E-state index contributed by atoms with van der Waals surface area (Å²) >= 11 is 0. The molecule has 2 aromatic carbocycles. The van der Waals surface area contributed by atoms with Crippen LogP contribution >= 0.6 is 0 Å². The molecule has 0 saturated heterocycles. The Balaban J connectivity index is 2.14. The first-order valence-corrected chi connectivity index (χ1v) is 8.31. The number of hydrogen-bond acceptors (Lipinski definition) is 3. The molecule has 1 atom stereocenters. The van der Waals surface area contributed by atoms with Gasteiger partial charge in [0, 0.05) is 6.04 Å². The molecule has 1 N–H and O–H groups in total. The highest BCUT2D eigenvalue weighted by Crippen LogP contribution is 2.19. The first-order chi connectivity index (χ1) is 10.0. The van der Waals surface area contributed by atoms with Gasteiger partial charge in [0.2, 0.25) is 10.0 Å². The average molecular weight is 305 g/mol. The quantitative estimate of drug-likeness (QED) is 0.892. The van der Waals surface area contributed by atoms with Gasteiger partial charge >= 0.3 is 0 Å². The maximum atomic E-state index is 12.3. The summed E-state index contributed by atoms with van der Waals surface area (Å²) in [7, 11) is -3.54. The highest BCUT2D eigenvalue weighted by atomic mass is 32.2. The lowest BCUT2D eigenvalue weighted by Crippen LogP contribution is -2.26. The van der Waals surface area contributed by atoms with Crippen LogP contribution in [-0.4, -0.2) is 15.0 Å². The summed E-state index contributed by atoms with van der Waals surface area (Å²) < 4.78 is 32.6. The van der Waals surface area contributed by atoms with E-state index >= 15 is 0 Å². The van der Waals surface area contributed by atoms with E-state index in [1.165, 1.54) is 0 Å². The van der Waals surface area contributed by atoms with E-state index in [2.05, 4.69) is 4.72 Å². The van der Waals surface area contributed by atoms with Crippen molar-refractivity contribution < 1.29 is 13.2 Å². The van der Waals surface area contributed by atoms with Crippen molar-refractivity contribution >= 4 is 10.0 Å². The largest absolute Gasteiger partial charge is 0.494 e. The minimum Gasteiger partial charge on any atom is -0.494 e. The molecule has 0 aliphatic rings. The first-order valence-electron chi connectivity index (χ1n) is 6.83. The summed E-state index contributed by atoms with van der Waals surface area (Å²) in [6.45, 7) is 4.25. The van der Waals surface area contributed by atoms with Crippen LogP contribution in [0.15, 0.2) is 59.5 Å². The van der Waals surface area contributed by atoms with Crippen molar-refractivity contribution in [3.63, 3.8) is 0 Å². The second kappa shape index (κ2) is 6.74. The molecule has 0 fully saturated rings. The molecule has 0 bridgehead atoms. The minimum atomic E-state index is -3.54. The molecular weight excluding hydrogens is 286 g/mol. The lowest BCUT2D eigenvalue weighted by molar-refractivity contribution is 0.340. The van der Waals surface area contributed by atoms with E-state index in [0.29, 0.717) is 12.4 Å². The molecule has 0 aliphatic heterocycles. The average Bonchev–Trinajstić information content (AvgIpc) is 2.48. The van der Waals surface area contributed by atoms with E-state index < -0.39 is 10.0 Å².